The van der Waals surface area contributed by atoms with Crippen LogP contribution in [0.4, 0.5) is 5.69 Å². The number of nitrogens with one attached hydrogen (secondary N) is 2. The first kappa shape index (κ1) is 7.78. The number of rotatable bonds is 2. The number of carbonyl (C=O) groups excluding carboxylic acids is 2. The van der Waals surface area contributed by atoms with Gasteiger partial charge in [-0.2, -0.15) is 0 Å². The molecule has 0 bridgehead atoms. The number of carbonyl (C=O) groups is 2. The van der Waals surface area contributed by atoms with Gasteiger partial charge in [-0.25, -0.2) is 0 Å². The zero-order valence-corrected chi connectivity index (χ0v) is 6.61. The van der Waals surface area contributed by atoms with E-state index in [-0.39, 0.29) is 18.2 Å². The number of nitrogens with zero attached hydrogens (tertiary/aromatic N) is 1. The summed E-state index contributed by atoms with van der Waals surface area (Å²) in [6.07, 6.45) is 2.97. The fourth-order valence-corrected chi connectivity index (χ4v) is 1.15. The van der Waals surface area contributed by atoms with Gasteiger partial charge in [-0.3, -0.25) is 14.9 Å². The Hall–Kier alpha value is -1.85. The van der Waals surface area contributed by atoms with Crippen LogP contribution in [0.5, 0.6) is 0 Å². The summed E-state index contributed by atoms with van der Waals surface area (Å²) in [5, 5.41) is 8.45. The maximum atomic E-state index is 11.1. The minimum Gasteiger partial charge on any atom is -0.369 e. The molecule has 2 heterocycles. The van der Waals surface area contributed by atoms with Gasteiger partial charge in [0.25, 0.3) is 0 Å². The molecule has 1 saturated heterocycles. The minimum atomic E-state index is -0.508. The van der Waals surface area contributed by atoms with Crippen LogP contribution in [0, 0.1) is 0 Å². The largest absolute Gasteiger partial charge is 0.369 e. The molecule has 1 aliphatic heterocycles. The van der Waals surface area contributed by atoms with Gasteiger partial charge >= 0.3 is 0 Å². The molecule has 1 aromatic rings. The summed E-state index contributed by atoms with van der Waals surface area (Å²) in [5.74, 6) is -0.579. The van der Waals surface area contributed by atoms with Crippen molar-refractivity contribution in [1.82, 2.24) is 10.5 Å². The molecule has 0 aliphatic carbocycles. The predicted molar refractivity (Wildman–Crippen MR) is 41.7 cm³/mol. The quantitative estimate of drug-likeness (QED) is 0.601. The molecule has 1 aromatic heterocycles. The van der Waals surface area contributed by atoms with Crippen molar-refractivity contribution in [2.24, 2.45) is 0 Å². The summed E-state index contributed by atoms with van der Waals surface area (Å²) in [6, 6.07) is -0.508. The lowest BCUT2D eigenvalue weighted by Crippen LogP contribution is -2.29. The van der Waals surface area contributed by atoms with Gasteiger partial charge in [0.2, 0.25) is 11.8 Å². The molecule has 2 rings (SSSR count). The highest BCUT2D eigenvalue weighted by molar-refractivity contribution is 6.06. The molecule has 1 aliphatic rings. The van der Waals surface area contributed by atoms with Gasteiger partial charge < -0.3 is 9.84 Å². The maximum absolute atomic E-state index is 11.1. The fourth-order valence-electron chi connectivity index (χ4n) is 1.15. The van der Waals surface area contributed by atoms with Gasteiger partial charge in [0.05, 0.1) is 18.3 Å². The van der Waals surface area contributed by atoms with Crippen LogP contribution in [0.3, 0.4) is 0 Å². The number of aromatic nitrogens is 1. The topological polar surface area (TPSA) is 84.2 Å². The summed E-state index contributed by atoms with van der Waals surface area (Å²) in [6.45, 7) is 0. The van der Waals surface area contributed by atoms with E-state index in [1.807, 2.05) is 0 Å². The summed E-state index contributed by atoms with van der Waals surface area (Å²) in [7, 11) is 0. The van der Waals surface area contributed by atoms with Crippen LogP contribution >= 0.6 is 0 Å². The van der Waals surface area contributed by atoms with E-state index in [0.29, 0.717) is 5.69 Å². The first-order chi connectivity index (χ1) is 6.25. The third-order valence-electron chi connectivity index (χ3n) is 1.74. The van der Waals surface area contributed by atoms with Crippen molar-refractivity contribution < 1.29 is 14.1 Å². The molecule has 2 amide bonds. The number of imide groups is 1. The van der Waals surface area contributed by atoms with Gasteiger partial charge in [0, 0.05) is 0 Å². The average molecular weight is 181 g/mol. The van der Waals surface area contributed by atoms with Gasteiger partial charge in [0.15, 0.2) is 0 Å². The van der Waals surface area contributed by atoms with Crippen molar-refractivity contribution in [2.75, 3.05) is 5.32 Å². The smallest absolute Gasteiger partial charge is 0.249 e. The van der Waals surface area contributed by atoms with Crippen LogP contribution in [0.1, 0.15) is 6.42 Å². The number of hydrogen-bond acceptors (Lipinski definition) is 5. The van der Waals surface area contributed by atoms with Crippen LogP contribution in [0.2, 0.25) is 0 Å². The lowest BCUT2D eigenvalue weighted by Gasteiger charge is -2.05. The average Bonchev–Trinajstić information content (AvgIpc) is 2.63. The Kier molecular flexibility index (Phi) is 1.73. The van der Waals surface area contributed by atoms with Crippen LogP contribution in [-0.4, -0.2) is 23.0 Å². The molecular formula is C7H7N3O3. The first-order valence-corrected chi connectivity index (χ1v) is 3.75. The maximum Gasteiger partial charge on any atom is 0.249 e. The van der Waals surface area contributed by atoms with Gasteiger partial charge in [-0.05, 0) is 0 Å². The van der Waals surface area contributed by atoms with Gasteiger partial charge in [0.1, 0.15) is 12.3 Å². The molecule has 6 heteroatoms. The molecule has 6 nitrogen and oxygen atoms in total. The summed E-state index contributed by atoms with van der Waals surface area (Å²) < 4.78 is 4.56. The fraction of sp³-hybridized carbons (Fsp3) is 0.286. The zero-order valence-electron chi connectivity index (χ0n) is 6.61. The van der Waals surface area contributed by atoms with Crippen LogP contribution in [0.25, 0.3) is 0 Å². The van der Waals surface area contributed by atoms with E-state index in [0.717, 1.165) is 0 Å². The molecule has 0 aromatic carbocycles. The highest BCUT2D eigenvalue weighted by Crippen LogP contribution is 2.11. The Morgan fingerprint density at radius 2 is 2.46 bits per heavy atom. The molecule has 13 heavy (non-hydrogen) atoms. The molecular weight excluding hydrogens is 174 g/mol. The van der Waals surface area contributed by atoms with Crippen molar-refractivity contribution in [1.29, 1.82) is 0 Å². The minimum absolute atomic E-state index is 0.157. The van der Waals surface area contributed by atoms with Gasteiger partial charge in [-0.15, -0.1) is 0 Å². The Morgan fingerprint density at radius 3 is 3.00 bits per heavy atom. The Morgan fingerprint density at radius 1 is 1.62 bits per heavy atom. The second kappa shape index (κ2) is 2.89. The standard InChI is InChI=1S/C7H7N3O3/c11-6-1-5(7(12)10-6)9-4-2-8-13-3-4/h2-3,5,9H,1H2,(H,10,11,12). The van der Waals surface area contributed by atoms with Crippen molar-refractivity contribution in [3.8, 4) is 0 Å². The predicted octanol–water partition coefficient (Wildman–Crippen LogP) is -0.498. The molecule has 2 N–H and O–H groups in total. The molecule has 0 saturated carbocycles. The third kappa shape index (κ3) is 1.51. The highest BCUT2D eigenvalue weighted by atomic mass is 16.5. The normalized spacial score (nSPS) is 21.7. The Bertz CT molecular complexity index is 333. The molecule has 1 unspecified atom stereocenters. The molecule has 68 valence electrons. The molecule has 0 radical (unpaired) electrons. The number of hydrogen-bond donors (Lipinski definition) is 2. The van der Waals surface area contributed by atoms with E-state index < -0.39 is 6.04 Å². The third-order valence-corrected chi connectivity index (χ3v) is 1.74. The summed E-state index contributed by atoms with van der Waals surface area (Å²) in [4.78, 5) is 21.8. The molecule has 1 fully saturated rings. The van der Waals surface area contributed by atoms with E-state index in [4.69, 9.17) is 0 Å². The van der Waals surface area contributed by atoms with Crippen LogP contribution in [-0.2, 0) is 9.59 Å². The van der Waals surface area contributed by atoms with Crippen molar-refractivity contribution in [3.63, 3.8) is 0 Å². The van der Waals surface area contributed by atoms with E-state index >= 15 is 0 Å². The second-order valence-corrected chi connectivity index (χ2v) is 2.73. The lowest BCUT2D eigenvalue weighted by atomic mass is 10.2. The van der Waals surface area contributed by atoms with Gasteiger partial charge in [-0.1, -0.05) is 5.16 Å². The van der Waals surface area contributed by atoms with E-state index in [9.17, 15) is 9.59 Å². The highest BCUT2D eigenvalue weighted by Gasteiger charge is 2.30. The van der Waals surface area contributed by atoms with Crippen molar-refractivity contribution in [2.45, 2.75) is 12.5 Å². The van der Waals surface area contributed by atoms with Crippen molar-refractivity contribution >= 4 is 17.5 Å². The zero-order chi connectivity index (χ0) is 9.26. The number of amides is 2. The van der Waals surface area contributed by atoms with Crippen LogP contribution in [0.15, 0.2) is 17.0 Å². The number of anilines is 1. The second-order valence-electron chi connectivity index (χ2n) is 2.73. The Balaban J connectivity index is 2.03. The van der Waals surface area contributed by atoms with E-state index in [2.05, 4.69) is 20.3 Å². The summed E-state index contributed by atoms with van der Waals surface area (Å²) >= 11 is 0. The molecule has 0 spiro atoms. The molecule has 1 atom stereocenters. The van der Waals surface area contributed by atoms with Crippen molar-refractivity contribution in [3.05, 3.63) is 12.5 Å². The Labute approximate surface area is 73.3 Å². The van der Waals surface area contributed by atoms with E-state index in [1.165, 1.54) is 12.5 Å². The first-order valence-electron chi connectivity index (χ1n) is 3.75. The van der Waals surface area contributed by atoms with Crippen LogP contribution < -0.4 is 10.6 Å². The summed E-state index contributed by atoms with van der Waals surface area (Å²) in [5.41, 5.74) is 0.592. The van der Waals surface area contributed by atoms with E-state index in [1.54, 1.807) is 0 Å². The lowest BCUT2D eigenvalue weighted by molar-refractivity contribution is -0.124. The SMILES string of the molecule is O=C1CC(Nc2cnoc2)C(=O)N1. The monoisotopic (exact) mass is 181 g/mol.